The van der Waals surface area contributed by atoms with Crippen molar-refractivity contribution in [1.29, 1.82) is 0 Å². The molecule has 0 bridgehead atoms. The van der Waals surface area contributed by atoms with E-state index in [1.54, 1.807) is 9.58 Å². The Morgan fingerprint density at radius 2 is 2.00 bits per heavy atom. The molecular formula is C18H22N6O3. The van der Waals surface area contributed by atoms with Crippen molar-refractivity contribution >= 4 is 17.7 Å². The maximum absolute atomic E-state index is 12.5. The van der Waals surface area contributed by atoms with Gasteiger partial charge in [-0.3, -0.25) is 4.79 Å². The molecule has 142 valence electrons. The number of para-hydroxylation sites is 1. The van der Waals surface area contributed by atoms with Gasteiger partial charge in [0, 0.05) is 18.8 Å². The number of carbonyl (C=O) groups excluding carboxylic acids is 2. The quantitative estimate of drug-likeness (QED) is 0.808. The van der Waals surface area contributed by atoms with Gasteiger partial charge in [0.05, 0.1) is 12.0 Å². The van der Waals surface area contributed by atoms with E-state index in [9.17, 15) is 9.59 Å². The van der Waals surface area contributed by atoms with Crippen molar-refractivity contribution < 1.29 is 14.3 Å². The Hall–Kier alpha value is -2.97. The number of urea groups is 1. The first-order valence-electron chi connectivity index (χ1n) is 9.25. The molecule has 1 unspecified atom stereocenters. The number of nitrogens with one attached hydrogen (secondary N) is 1. The fourth-order valence-electron chi connectivity index (χ4n) is 3.24. The van der Waals surface area contributed by atoms with Gasteiger partial charge in [0.15, 0.2) is 12.4 Å². The van der Waals surface area contributed by atoms with Crippen LogP contribution in [0.3, 0.4) is 0 Å². The summed E-state index contributed by atoms with van der Waals surface area (Å²) in [5.41, 5.74) is 0.735. The third-order valence-corrected chi connectivity index (χ3v) is 4.86. The molecule has 9 nitrogen and oxygen atoms in total. The third kappa shape index (κ3) is 4.24. The van der Waals surface area contributed by atoms with Gasteiger partial charge in [-0.2, -0.15) is 0 Å². The fraction of sp³-hybridized carbons (Fsp3) is 0.500. The van der Waals surface area contributed by atoms with Crippen LogP contribution in [0.5, 0.6) is 0 Å². The number of benzene rings is 1. The number of anilines is 1. The molecule has 1 aliphatic carbocycles. The van der Waals surface area contributed by atoms with Crippen LogP contribution in [0.4, 0.5) is 10.5 Å². The van der Waals surface area contributed by atoms with Crippen molar-refractivity contribution in [2.75, 3.05) is 18.4 Å². The van der Waals surface area contributed by atoms with Gasteiger partial charge in [-0.1, -0.05) is 18.2 Å². The maximum Gasteiger partial charge on any atom is 0.321 e. The Kier molecular flexibility index (Phi) is 4.99. The highest BCUT2D eigenvalue weighted by Crippen LogP contribution is 2.34. The Bertz CT molecular complexity index is 804. The minimum absolute atomic E-state index is 0.0645. The highest BCUT2D eigenvalue weighted by atomic mass is 16.5. The number of amides is 2. The zero-order chi connectivity index (χ0) is 18.6. The molecule has 27 heavy (non-hydrogen) atoms. The molecule has 2 aliphatic rings. The second-order valence-electron chi connectivity index (χ2n) is 6.96. The zero-order valence-electron chi connectivity index (χ0n) is 15.0. The molecule has 1 saturated heterocycles. The normalized spacial score (nSPS) is 19.6. The van der Waals surface area contributed by atoms with E-state index in [0.29, 0.717) is 31.4 Å². The number of hydrogen-bond acceptors (Lipinski definition) is 6. The van der Waals surface area contributed by atoms with E-state index < -0.39 is 0 Å². The summed E-state index contributed by atoms with van der Waals surface area (Å²) in [5.74, 6) is -0.0663. The summed E-state index contributed by atoms with van der Waals surface area (Å²) in [6.45, 7) is 1.04. The highest BCUT2D eigenvalue weighted by molar-refractivity contribution is 5.89. The lowest BCUT2D eigenvalue weighted by Crippen LogP contribution is -2.44. The number of piperidine rings is 1. The van der Waals surface area contributed by atoms with Crippen molar-refractivity contribution in [2.45, 2.75) is 38.3 Å². The fourth-order valence-corrected chi connectivity index (χ4v) is 3.24. The lowest BCUT2D eigenvalue weighted by atomic mass is 9.98. The molecule has 2 fully saturated rings. The molecule has 2 heterocycles. The number of hydrogen-bond donors (Lipinski definition) is 1. The molecule has 4 rings (SSSR count). The van der Waals surface area contributed by atoms with Crippen LogP contribution in [0.2, 0.25) is 0 Å². The van der Waals surface area contributed by atoms with Crippen molar-refractivity contribution in [3.8, 4) is 0 Å². The minimum atomic E-state index is -0.328. The molecule has 2 aromatic rings. The van der Waals surface area contributed by atoms with E-state index in [2.05, 4.69) is 20.8 Å². The number of esters is 1. The minimum Gasteiger partial charge on any atom is -0.457 e. The largest absolute Gasteiger partial charge is 0.457 e. The Morgan fingerprint density at radius 3 is 2.78 bits per heavy atom. The van der Waals surface area contributed by atoms with Crippen molar-refractivity contribution in [2.24, 2.45) is 5.92 Å². The van der Waals surface area contributed by atoms with Crippen LogP contribution in [-0.4, -0.2) is 50.2 Å². The summed E-state index contributed by atoms with van der Waals surface area (Å²) in [5, 5.41) is 14.4. The van der Waals surface area contributed by atoms with Gasteiger partial charge in [0.1, 0.15) is 0 Å². The number of nitrogens with zero attached hydrogens (tertiary/aromatic N) is 5. The number of likely N-dealkylation sites (tertiary alicyclic amines) is 1. The van der Waals surface area contributed by atoms with Gasteiger partial charge in [0.2, 0.25) is 0 Å². The predicted molar refractivity (Wildman–Crippen MR) is 95.6 cm³/mol. The van der Waals surface area contributed by atoms with Crippen molar-refractivity contribution in [1.82, 2.24) is 25.1 Å². The van der Waals surface area contributed by atoms with Gasteiger partial charge in [-0.25, -0.2) is 9.48 Å². The van der Waals surface area contributed by atoms with E-state index in [1.807, 2.05) is 30.3 Å². The van der Waals surface area contributed by atoms with E-state index in [0.717, 1.165) is 24.9 Å². The standard InChI is InChI=1S/C18H22N6O3/c25-17(27-12-16-20-21-22-24(16)15-8-9-15)13-5-4-10-23(11-13)18(26)19-14-6-2-1-3-7-14/h1-3,6-7,13,15H,4-5,8-12H2,(H,19,26). The number of tetrazole rings is 1. The van der Waals surface area contributed by atoms with Crippen LogP contribution in [0.25, 0.3) is 0 Å². The molecule has 9 heteroatoms. The molecular weight excluding hydrogens is 348 g/mol. The van der Waals surface area contributed by atoms with Gasteiger partial charge in [-0.15, -0.1) is 5.10 Å². The zero-order valence-corrected chi connectivity index (χ0v) is 15.0. The Labute approximate surface area is 156 Å². The van der Waals surface area contributed by atoms with E-state index in [-0.39, 0.29) is 24.5 Å². The van der Waals surface area contributed by atoms with Crippen LogP contribution < -0.4 is 5.32 Å². The summed E-state index contributed by atoms with van der Waals surface area (Å²) in [7, 11) is 0. The monoisotopic (exact) mass is 370 g/mol. The number of carbonyl (C=O) groups is 2. The smallest absolute Gasteiger partial charge is 0.321 e. The lowest BCUT2D eigenvalue weighted by molar-refractivity contribution is -0.151. The van der Waals surface area contributed by atoms with Gasteiger partial charge in [-0.05, 0) is 48.2 Å². The van der Waals surface area contributed by atoms with Gasteiger partial charge < -0.3 is 15.0 Å². The summed E-state index contributed by atoms with van der Waals surface area (Å²) >= 11 is 0. The number of rotatable bonds is 5. The van der Waals surface area contributed by atoms with E-state index >= 15 is 0 Å². The molecule has 0 radical (unpaired) electrons. The van der Waals surface area contributed by atoms with E-state index in [4.69, 9.17) is 4.74 Å². The SMILES string of the molecule is O=C(OCc1nnnn1C1CC1)C1CCCN(C(=O)Nc2ccccc2)C1. The highest BCUT2D eigenvalue weighted by Gasteiger charge is 2.31. The molecule has 1 aromatic carbocycles. The number of ether oxygens (including phenoxy) is 1. The van der Waals surface area contributed by atoms with Crippen LogP contribution in [0.15, 0.2) is 30.3 Å². The van der Waals surface area contributed by atoms with Crippen molar-refractivity contribution in [3.05, 3.63) is 36.2 Å². The second kappa shape index (κ2) is 7.73. The first-order chi connectivity index (χ1) is 13.2. The lowest BCUT2D eigenvalue weighted by Gasteiger charge is -2.31. The van der Waals surface area contributed by atoms with Crippen LogP contribution >= 0.6 is 0 Å². The molecule has 1 aromatic heterocycles. The van der Waals surface area contributed by atoms with Crippen LogP contribution in [0.1, 0.15) is 37.5 Å². The first-order valence-corrected chi connectivity index (χ1v) is 9.25. The molecule has 1 N–H and O–H groups in total. The molecule has 1 aliphatic heterocycles. The number of aromatic nitrogens is 4. The summed E-state index contributed by atoms with van der Waals surface area (Å²) in [6.07, 6.45) is 3.59. The van der Waals surface area contributed by atoms with E-state index in [1.165, 1.54) is 0 Å². The van der Waals surface area contributed by atoms with Crippen LogP contribution in [0, 0.1) is 5.92 Å². The summed E-state index contributed by atoms with van der Waals surface area (Å²) in [6, 6.07) is 9.41. The average Bonchev–Trinajstić information content (AvgIpc) is 3.44. The maximum atomic E-state index is 12.5. The molecule has 1 atom stereocenters. The van der Waals surface area contributed by atoms with Crippen LogP contribution in [-0.2, 0) is 16.1 Å². The van der Waals surface area contributed by atoms with Crippen molar-refractivity contribution in [3.63, 3.8) is 0 Å². The van der Waals surface area contributed by atoms with Gasteiger partial charge >= 0.3 is 12.0 Å². The first kappa shape index (κ1) is 17.4. The Balaban J connectivity index is 1.30. The third-order valence-electron chi connectivity index (χ3n) is 4.86. The summed E-state index contributed by atoms with van der Waals surface area (Å²) in [4.78, 5) is 26.6. The Morgan fingerprint density at radius 1 is 1.19 bits per heavy atom. The van der Waals surface area contributed by atoms with Gasteiger partial charge in [0.25, 0.3) is 0 Å². The second-order valence-corrected chi connectivity index (χ2v) is 6.96. The average molecular weight is 370 g/mol. The summed E-state index contributed by atoms with van der Waals surface area (Å²) < 4.78 is 7.16. The topological polar surface area (TPSA) is 102 Å². The predicted octanol–water partition coefficient (Wildman–Crippen LogP) is 2.00. The molecule has 0 spiro atoms. The molecule has 2 amide bonds. The molecule has 1 saturated carbocycles.